The number of carboxylic acid groups (broad SMARTS) is 2. The van der Waals surface area contributed by atoms with Gasteiger partial charge in [0, 0.05) is 75.7 Å². The van der Waals surface area contributed by atoms with Crippen LogP contribution >= 0.6 is 0 Å². The largest absolute Gasteiger partial charge is 0.508 e. The first-order chi connectivity index (χ1) is 44.0. The molecule has 0 aliphatic carbocycles. The number of aliphatic hydroxyl groups excluding tert-OH is 1. The third-order valence-corrected chi connectivity index (χ3v) is 14.0. The van der Waals surface area contributed by atoms with Crippen molar-refractivity contribution in [1.82, 2.24) is 67.7 Å². The number of carbonyl (C=O) groups is 13. The molecule has 0 bridgehead atoms. The second-order valence-electron chi connectivity index (χ2n) is 22.2. The van der Waals surface area contributed by atoms with Crippen LogP contribution in [0.15, 0.2) is 72.1 Å². The van der Waals surface area contributed by atoms with Crippen LogP contribution in [0.2, 0.25) is 0 Å². The van der Waals surface area contributed by atoms with Crippen LogP contribution in [0.25, 0.3) is 10.9 Å². The lowest BCUT2D eigenvalue weighted by Crippen LogP contribution is -2.60. The third kappa shape index (κ3) is 26.4. The summed E-state index contributed by atoms with van der Waals surface area (Å²) in [7, 11) is 0. The van der Waals surface area contributed by atoms with E-state index in [0.717, 1.165) is 19.2 Å². The summed E-state index contributed by atoms with van der Waals surface area (Å²) in [5.41, 5.74) is 18.2. The van der Waals surface area contributed by atoms with E-state index in [0.29, 0.717) is 28.9 Å². The summed E-state index contributed by atoms with van der Waals surface area (Å²) in [4.78, 5) is 182. The number of hydrogen-bond acceptors (Lipinski definition) is 17. The molecule has 4 aromatic rings. The minimum absolute atomic E-state index is 0.0156. The van der Waals surface area contributed by atoms with Crippen molar-refractivity contribution in [2.75, 3.05) is 32.8 Å². The molecule has 21 N–H and O–H groups in total. The number of aliphatic carboxylic acids is 2. The van der Waals surface area contributed by atoms with E-state index in [2.05, 4.69) is 67.8 Å². The predicted molar refractivity (Wildman–Crippen MR) is 332 cm³/mol. The van der Waals surface area contributed by atoms with Crippen molar-refractivity contribution in [1.29, 1.82) is 0 Å². The number of hydrogen-bond donors (Lipinski definition) is 18. The Morgan fingerprint density at radius 1 is 0.699 bits per heavy atom. The number of H-pyrrole nitrogens is 2. The zero-order valence-corrected chi connectivity index (χ0v) is 51.8. The van der Waals surface area contributed by atoms with Crippen LogP contribution in [0.4, 0.5) is 0 Å². The molecule has 2 aliphatic rings. The number of nitrogens with one attached hydrogen (secondary N) is 11. The topological polar surface area (TPSA) is 549 Å². The zero-order chi connectivity index (χ0) is 68.9. The van der Waals surface area contributed by atoms with Crippen LogP contribution in [0, 0.1) is 5.92 Å². The van der Waals surface area contributed by atoms with Crippen molar-refractivity contribution in [2.45, 2.75) is 140 Å². The third-order valence-electron chi connectivity index (χ3n) is 14.0. The molecule has 2 aliphatic heterocycles. The van der Waals surface area contributed by atoms with E-state index >= 15 is 0 Å². The van der Waals surface area contributed by atoms with E-state index < -0.39 is 139 Å². The van der Waals surface area contributed by atoms with E-state index in [1.807, 2.05) is 6.07 Å². The number of carbonyl (C=O) groups excluding carboxylic acids is 11. The first kappa shape index (κ1) is 74.8. The van der Waals surface area contributed by atoms with Crippen LogP contribution in [0.5, 0.6) is 5.75 Å². The average molecular weight is 1300 g/mol. The van der Waals surface area contributed by atoms with E-state index in [4.69, 9.17) is 37.0 Å². The molecule has 34 nitrogen and oxygen atoms in total. The van der Waals surface area contributed by atoms with Gasteiger partial charge in [0.2, 0.25) is 65.0 Å². The molecule has 8 atom stereocenters. The lowest BCUT2D eigenvalue weighted by Gasteiger charge is -2.30. The number of aromatic amines is 2. The average Bonchev–Trinajstić information content (AvgIpc) is 1.83. The highest BCUT2D eigenvalue weighted by Crippen LogP contribution is 2.21. The van der Waals surface area contributed by atoms with Gasteiger partial charge in [-0.1, -0.05) is 44.2 Å². The highest BCUT2D eigenvalue weighted by Gasteiger charge is 2.39. The molecule has 2 aromatic carbocycles. The molecule has 11 amide bonds. The fourth-order valence-electron chi connectivity index (χ4n) is 9.74. The van der Waals surface area contributed by atoms with Gasteiger partial charge >= 0.3 is 0 Å². The number of likely N-dealkylation sites (tertiary alicyclic amines) is 1. The molecule has 93 heavy (non-hydrogen) atoms. The van der Waals surface area contributed by atoms with Gasteiger partial charge in [0.05, 0.1) is 26.0 Å². The molecule has 2 fully saturated rings. The summed E-state index contributed by atoms with van der Waals surface area (Å²) in [5.74, 6) is -10.5. The lowest BCUT2D eigenvalue weighted by molar-refractivity contribution is -0.142. The Labute approximate surface area is 533 Å². The van der Waals surface area contributed by atoms with E-state index in [9.17, 15) is 63.0 Å². The normalized spacial score (nSPS) is 15.8. The smallest absolute Gasteiger partial charge is 0.300 e. The standard InChI is InChI=1S/C55H75N17O13.2C2H4O2/c1-29(2)19-38(49(80)67-37(9-5-17-60-55(57)58)54(85)72-18-6-10-43(72)53(84)61-25-44(56)75)66-46(77)26-62-47(78)39(20-30-11-13-34(74)14-12-30)68-52(83)42(27-73)71-51(82)40(22-32-21-31-7-3-4-8-35(31)64-32)70-50(81)41(23-33-24-59-28-63-33)69-48(79)36-15-16-45(76)65-36;2*1-2(3)4/h3-4,7-8,11-14,21,24,28-29,36-43,64,73-74H,5-6,9-10,15-20,22-23,25-27H2,1-2H3,(H2,56,75)(H,59,63)(H,61,84)(H,62,78)(H,65,76)(H,66,77)(H,67,80)(H,68,83)(H,69,79)(H,70,81)(H,71,82)(H4,57,58,60);2*1H3,(H,3,4)/t36-,37-,38-,39-,40-,41-,42-,43-;;/m0../s1. The van der Waals surface area contributed by atoms with Gasteiger partial charge < -0.3 is 100 Å². The van der Waals surface area contributed by atoms with Crippen LogP contribution in [0.1, 0.15) is 89.6 Å². The molecular weight excluding hydrogens is 1220 g/mol. The van der Waals surface area contributed by atoms with Gasteiger partial charge in [-0.05, 0) is 79.7 Å². The summed E-state index contributed by atoms with van der Waals surface area (Å²) in [6.07, 6.45) is 3.58. The minimum Gasteiger partial charge on any atom is -0.508 e. The fourth-order valence-corrected chi connectivity index (χ4v) is 9.74. The molecule has 2 aromatic heterocycles. The van der Waals surface area contributed by atoms with Crippen LogP contribution in [-0.4, -0.2) is 204 Å². The Hall–Kier alpha value is -10.7. The van der Waals surface area contributed by atoms with E-state index in [-0.39, 0.29) is 94.4 Å². The van der Waals surface area contributed by atoms with Crippen molar-refractivity contribution >= 4 is 93.8 Å². The summed E-state index contributed by atoms with van der Waals surface area (Å²) in [6, 6.07) is 4.18. The van der Waals surface area contributed by atoms with Crippen molar-refractivity contribution < 1.29 is 82.8 Å². The second kappa shape index (κ2) is 37.5. The van der Waals surface area contributed by atoms with Gasteiger partial charge in [-0.2, -0.15) is 0 Å². The van der Waals surface area contributed by atoms with Crippen molar-refractivity contribution in [3.8, 4) is 5.75 Å². The number of imidazole rings is 1. The molecule has 0 saturated carbocycles. The molecule has 34 heteroatoms. The highest BCUT2D eigenvalue weighted by molar-refractivity contribution is 5.99. The van der Waals surface area contributed by atoms with Gasteiger partial charge in [-0.3, -0.25) is 67.3 Å². The number of aromatic nitrogens is 3. The minimum atomic E-state index is -1.76. The number of nitrogens with zero attached hydrogens (tertiary/aromatic N) is 3. The number of fused-ring (bicyclic) bond motifs is 1. The number of para-hydroxylation sites is 1. The number of benzene rings is 2. The maximum absolute atomic E-state index is 14.4. The number of aromatic hydroxyl groups is 1. The summed E-state index contributed by atoms with van der Waals surface area (Å²) in [5, 5.41) is 59.3. The summed E-state index contributed by atoms with van der Waals surface area (Å²) >= 11 is 0. The van der Waals surface area contributed by atoms with Crippen LogP contribution in [0.3, 0.4) is 0 Å². The van der Waals surface area contributed by atoms with Crippen LogP contribution < -0.4 is 65.1 Å². The van der Waals surface area contributed by atoms with Gasteiger partial charge in [-0.25, -0.2) is 4.98 Å². The predicted octanol–water partition coefficient (Wildman–Crippen LogP) is -4.21. The molecule has 506 valence electrons. The number of aliphatic imine (C=N–C) groups is 1. The van der Waals surface area contributed by atoms with Crippen molar-refractivity contribution in [2.24, 2.45) is 28.1 Å². The maximum Gasteiger partial charge on any atom is 0.300 e. The van der Waals surface area contributed by atoms with Crippen molar-refractivity contribution in [3.63, 3.8) is 0 Å². The highest BCUT2D eigenvalue weighted by atomic mass is 16.4. The Kier molecular flexibility index (Phi) is 30.1. The Bertz CT molecular complexity index is 3230. The van der Waals surface area contributed by atoms with Gasteiger partial charge in [0.15, 0.2) is 5.96 Å². The Balaban J connectivity index is 0.00000217. The zero-order valence-electron chi connectivity index (χ0n) is 51.8. The molecule has 0 radical (unpaired) electrons. The maximum atomic E-state index is 14.4. The number of primary amides is 1. The lowest BCUT2D eigenvalue weighted by atomic mass is 10.0. The quantitative estimate of drug-likeness (QED) is 0.0129. The SMILES string of the molecule is CC(=O)O.CC(=O)O.CC(C)C[C@H](NC(=O)CNC(=O)[C@H](Cc1ccc(O)cc1)NC(=O)[C@H](CO)NC(=O)[C@H](Cc1cc2ccccc2[nH]1)NC(=O)[C@H](Cc1cnc[nH]1)NC(=O)[C@@H]1CCC(=O)N1)C(=O)N[C@@H](CCCN=C(N)N)C(=O)N1CCC[C@H]1C(=O)NCC(N)=O. The first-order valence-corrected chi connectivity index (χ1v) is 29.7. The number of carboxylic acids is 2. The number of phenolic OH excluding ortho intramolecular Hbond substituents is 1. The fraction of sp³-hybridized carbons (Fsp3) is 0.475. The van der Waals surface area contributed by atoms with Crippen molar-refractivity contribution in [3.05, 3.63) is 84.1 Å². The molecule has 0 spiro atoms. The van der Waals surface area contributed by atoms with Gasteiger partial charge in [0.25, 0.3) is 11.9 Å². The Morgan fingerprint density at radius 3 is 1.87 bits per heavy atom. The van der Waals surface area contributed by atoms with E-state index in [1.165, 1.54) is 41.7 Å². The number of guanidine groups is 1. The molecule has 0 unspecified atom stereocenters. The molecular formula is C59H83N17O17. The Morgan fingerprint density at radius 2 is 1.29 bits per heavy atom. The second-order valence-corrected chi connectivity index (χ2v) is 22.2. The number of aliphatic hydroxyl groups is 1. The number of nitrogens with two attached hydrogens (primary N) is 3. The number of rotatable bonds is 31. The molecule has 6 rings (SSSR count). The molecule has 2 saturated heterocycles. The summed E-state index contributed by atoms with van der Waals surface area (Å²) in [6.45, 7) is 3.79. The summed E-state index contributed by atoms with van der Waals surface area (Å²) < 4.78 is 0. The monoisotopic (exact) mass is 1300 g/mol. The number of phenols is 1. The molecule has 4 heterocycles. The number of amides is 11. The van der Waals surface area contributed by atoms with Crippen LogP contribution in [-0.2, 0) is 81.6 Å². The van der Waals surface area contributed by atoms with Gasteiger partial charge in [0.1, 0.15) is 54.1 Å². The van der Waals surface area contributed by atoms with E-state index in [1.54, 1.807) is 38.1 Å². The van der Waals surface area contributed by atoms with Gasteiger partial charge in [-0.15, -0.1) is 0 Å². The first-order valence-electron chi connectivity index (χ1n) is 29.7.